The van der Waals surface area contributed by atoms with Gasteiger partial charge in [-0.25, -0.2) is 4.57 Å². The lowest BCUT2D eigenvalue weighted by Gasteiger charge is -2.18. The normalized spacial score (nSPS) is 12.6. The molecule has 1 rings (SSSR count). The lowest BCUT2D eigenvalue weighted by atomic mass is 9.97. The van der Waals surface area contributed by atoms with Crippen molar-refractivity contribution in [1.82, 2.24) is 0 Å². The van der Waals surface area contributed by atoms with Gasteiger partial charge in [-0.05, 0) is 39.8 Å². The lowest BCUT2D eigenvalue weighted by Crippen LogP contribution is -2.25. The molecule has 0 saturated carbocycles. The molecule has 1 atom stereocenters. The van der Waals surface area contributed by atoms with Crippen molar-refractivity contribution in [2.24, 2.45) is 5.41 Å². The summed E-state index contributed by atoms with van der Waals surface area (Å²) < 4.78 is 31.9. The molecule has 0 bridgehead atoms. The Morgan fingerprint density at radius 3 is 2.43 bits per heavy atom. The van der Waals surface area contributed by atoms with Gasteiger partial charge in [-0.2, -0.15) is 0 Å². The predicted octanol–water partition coefficient (Wildman–Crippen LogP) is 3.45. The summed E-state index contributed by atoms with van der Waals surface area (Å²) in [6, 6.07) is 4.58. The van der Waals surface area contributed by atoms with Crippen LogP contribution in [-0.2, 0) is 13.9 Å². The monoisotopic (exact) mass is 316 g/mol. The van der Waals surface area contributed by atoms with Crippen molar-refractivity contribution in [2.75, 3.05) is 13.7 Å². The van der Waals surface area contributed by atoms with E-state index in [9.17, 15) is 9.36 Å². The molecule has 0 heterocycles. The standard InChI is InChI=1S/C14H21O6P/c1-6-18-21(16)20-10-7-8-11(17-5)12(9-10)19-13(15)14(2,3)4/h7-9,21H,6H2,1-5H3. The highest BCUT2D eigenvalue weighted by molar-refractivity contribution is 7.33. The van der Waals surface area contributed by atoms with Gasteiger partial charge < -0.3 is 18.5 Å². The molecule has 1 aromatic carbocycles. The van der Waals surface area contributed by atoms with Crippen LogP contribution < -0.4 is 14.0 Å². The SMILES string of the molecule is CCO[PH](=O)Oc1ccc(OC)c(OC(=O)C(C)(C)C)c1. The maximum absolute atomic E-state index is 11.9. The second-order valence-electron chi connectivity index (χ2n) is 5.24. The molecule has 0 spiro atoms. The summed E-state index contributed by atoms with van der Waals surface area (Å²) in [4.78, 5) is 11.9. The Kier molecular flexibility index (Phi) is 6.24. The van der Waals surface area contributed by atoms with Gasteiger partial charge in [-0.3, -0.25) is 4.79 Å². The minimum atomic E-state index is -2.62. The Labute approximate surface area is 125 Å². The van der Waals surface area contributed by atoms with Crippen LogP contribution in [0.2, 0.25) is 0 Å². The van der Waals surface area contributed by atoms with Crippen LogP contribution in [0.25, 0.3) is 0 Å². The second-order valence-corrected chi connectivity index (χ2v) is 6.23. The third-order valence-corrected chi connectivity index (χ3v) is 3.34. The number of rotatable bonds is 6. The number of esters is 1. The number of carbonyl (C=O) groups is 1. The first-order valence-electron chi connectivity index (χ1n) is 6.53. The van der Waals surface area contributed by atoms with Crippen molar-refractivity contribution >= 4 is 14.2 Å². The van der Waals surface area contributed by atoms with E-state index in [1.165, 1.54) is 13.2 Å². The molecule has 7 heteroatoms. The van der Waals surface area contributed by atoms with Crippen molar-refractivity contribution in [2.45, 2.75) is 27.7 Å². The van der Waals surface area contributed by atoms with Crippen LogP contribution in [-0.4, -0.2) is 19.7 Å². The van der Waals surface area contributed by atoms with E-state index in [2.05, 4.69) is 0 Å². The molecular weight excluding hydrogens is 295 g/mol. The van der Waals surface area contributed by atoms with Crippen LogP contribution in [0.3, 0.4) is 0 Å². The molecule has 6 nitrogen and oxygen atoms in total. The maximum atomic E-state index is 11.9. The minimum absolute atomic E-state index is 0.209. The topological polar surface area (TPSA) is 71.1 Å². The zero-order valence-electron chi connectivity index (χ0n) is 12.9. The summed E-state index contributed by atoms with van der Waals surface area (Å²) in [6.45, 7) is 7.25. The Bertz CT molecular complexity index is 521. The molecule has 118 valence electrons. The third kappa shape index (κ3) is 5.40. The predicted molar refractivity (Wildman–Crippen MR) is 79.3 cm³/mol. The summed E-state index contributed by atoms with van der Waals surface area (Å²) in [5, 5.41) is 0. The molecule has 0 saturated heterocycles. The van der Waals surface area contributed by atoms with Crippen LogP contribution >= 0.6 is 8.25 Å². The van der Waals surface area contributed by atoms with E-state index in [0.29, 0.717) is 12.4 Å². The molecule has 0 aliphatic rings. The van der Waals surface area contributed by atoms with Crippen LogP contribution in [0, 0.1) is 5.41 Å². The minimum Gasteiger partial charge on any atom is -0.493 e. The molecule has 0 aliphatic heterocycles. The molecule has 0 radical (unpaired) electrons. The number of hydrogen-bond donors (Lipinski definition) is 0. The third-order valence-electron chi connectivity index (χ3n) is 2.41. The molecule has 0 fully saturated rings. The van der Waals surface area contributed by atoms with Gasteiger partial charge in [0.15, 0.2) is 11.5 Å². The zero-order valence-corrected chi connectivity index (χ0v) is 13.9. The number of ether oxygens (including phenoxy) is 2. The van der Waals surface area contributed by atoms with E-state index >= 15 is 0 Å². The fraction of sp³-hybridized carbons (Fsp3) is 0.500. The molecule has 0 N–H and O–H groups in total. The first kappa shape index (κ1) is 17.5. The smallest absolute Gasteiger partial charge is 0.367 e. The molecule has 21 heavy (non-hydrogen) atoms. The lowest BCUT2D eigenvalue weighted by molar-refractivity contribution is -0.143. The van der Waals surface area contributed by atoms with E-state index < -0.39 is 19.6 Å². The van der Waals surface area contributed by atoms with Gasteiger partial charge in [-0.15, -0.1) is 0 Å². The summed E-state index contributed by atoms with van der Waals surface area (Å²) >= 11 is 0. The van der Waals surface area contributed by atoms with Crippen LogP contribution in [0.4, 0.5) is 0 Å². The Morgan fingerprint density at radius 2 is 1.90 bits per heavy atom. The molecule has 0 amide bonds. The van der Waals surface area contributed by atoms with Gasteiger partial charge >= 0.3 is 14.2 Å². The largest absolute Gasteiger partial charge is 0.493 e. The highest BCUT2D eigenvalue weighted by Gasteiger charge is 2.25. The van der Waals surface area contributed by atoms with Gasteiger partial charge in [0.1, 0.15) is 5.75 Å². The van der Waals surface area contributed by atoms with Crippen molar-refractivity contribution in [1.29, 1.82) is 0 Å². The Balaban J connectivity index is 2.95. The summed E-state index contributed by atoms with van der Waals surface area (Å²) in [5.74, 6) is 0.470. The zero-order chi connectivity index (χ0) is 16.0. The van der Waals surface area contributed by atoms with Crippen LogP contribution in [0.1, 0.15) is 27.7 Å². The van der Waals surface area contributed by atoms with E-state index in [1.54, 1.807) is 39.8 Å². The number of methoxy groups -OCH3 is 1. The van der Waals surface area contributed by atoms with Crippen LogP contribution in [0.15, 0.2) is 18.2 Å². The van der Waals surface area contributed by atoms with Gasteiger partial charge in [0, 0.05) is 6.07 Å². The van der Waals surface area contributed by atoms with E-state index in [-0.39, 0.29) is 11.5 Å². The molecule has 1 unspecified atom stereocenters. The van der Waals surface area contributed by atoms with E-state index in [0.717, 1.165) is 0 Å². The number of benzene rings is 1. The van der Waals surface area contributed by atoms with Gasteiger partial charge in [-0.1, -0.05) is 0 Å². The average Bonchev–Trinajstić information content (AvgIpc) is 2.38. The number of hydrogen-bond acceptors (Lipinski definition) is 6. The average molecular weight is 316 g/mol. The highest BCUT2D eigenvalue weighted by Crippen LogP contribution is 2.36. The first-order chi connectivity index (χ1) is 9.77. The molecular formula is C14H21O6P. The Hall–Kier alpha value is -1.52. The van der Waals surface area contributed by atoms with Gasteiger partial charge in [0.25, 0.3) is 0 Å². The van der Waals surface area contributed by atoms with Crippen molar-refractivity contribution in [3.05, 3.63) is 18.2 Å². The summed E-state index contributed by atoms with van der Waals surface area (Å²) in [7, 11) is -1.15. The molecule has 0 aliphatic carbocycles. The second kappa shape index (κ2) is 7.48. The van der Waals surface area contributed by atoms with Crippen molar-refractivity contribution < 1.29 is 27.9 Å². The summed E-state index contributed by atoms with van der Waals surface area (Å²) in [6.07, 6.45) is 0. The van der Waals surface area contributed by atoms with Crippen molar-refractivity contribution in [3.8, 4) is 17.2 Å². The van der Waals surface area contributed by atoms with E-state index in [4.69, 9.17) is 18.5 Å². The van der Waals surface area contributed by atoms with Gasteiger partial charge in [0.05, 0.1) is 19.1 Å². The van der Waals surface area contributed by atoms with Gasteiger partial charge in [0.2, 0.25) is 0 Å². The van der Waals surface area contributed by atoms with Crippen molar-refractivity contribution in [3.63, 3.8) is 0 Å². The summed E-state index contributed by atoms with van der Waals surface area (Å²) in [5.41, 5.74) is -0.652. The fourth-order valence-electron chi connectivity index (χ4n) is 1.30. The fourth-order valence-corrected chi connectivity index (χ4v) is 1.91. The Morgan fingerprint density at radius 1 is 1.24 bits per heavy atom. The first-order valence-corrected chi connectivity index (χ1v) is 7.75. The number of carbonyl (C=O) groups excluding carboxylic acids is 1. The molecule has 1 aromatic rings. The maximum Gasteiger partial charge on any atom is 0.367 e. The quantitative estimate of drug-likeness (QED) is 0.455. The highest BCUT2D eigenvalue weighted by atomic mass is 31.1. The van der Waals surface area contributed by atoms with E-state index in [1.807, 2.05) is 0 Å². The molecule has 0 aromatic heterocycles. The van der Waals surface area contributed by atoms with Crippen LogP contribution in [0.5, 0.6) is 17.2 Å².